The molecule has 0 saturated carbocycles. The van der Waals surface area contributed by atoms with Crippen molar-refractivity contribution < 1.29 is 30.0 Å². The molecule has 0 unspecified atom stereocenters. The molecule has 0 spiro atoms. The highest BCUT2D eigenvalue weighted by molar-refractivity contribution is 5.91. The van der Waals surface area contributed by atoms with E-state index < -0.39 is 23.2 Å². The molecule has 0 atom stereocenters. The van der Waals surface area contributed by atoms with Crippen LogP contribution >= 0.6 is 0 Å². The maximum Gasteiger partial charge on any atom is 0.338 e. The van der Waals surface area contributed by atoms with E-state index in [0.29, 0.717) is 12.8 Å². The summed E-state index contributed by atoms with van der Waals surface area (Å²) in [6.45, 7) is 0.300. The average Bonchev–Trinajstić information content (AvgIpc) is 2.34. The number of benzene rings is 1. The zero-order valence-corrected chi connectivity index (χ0v) is 9.80. The number of phenolic OH excluding ortho intramolecular Hbond substituents is 3. The molecule has 0 aromatic heterocycles. The molecule has 1 aromatic carbocycles. The van der Waals surface area contributed by atoms with Crippen molar-refractivity contribution in [1.82, 2.24) is 0 Å². The molecule has 4 N–H and O–H groups in total. The minimum absolute atomic E-state index is 0.0371. The second-order valence-corrected chi connectivity index (χ2v) is 3.78. The first-order valence-corrected chi connectivity index (χ1v) is 5.59. The Kier molecular flexibility index (Phi) is 5.26. The van der Waals surface area contributed by atoms with Gasteiger partial charge in [0, 0.05) is 6.61 Å². The van der Waals surface area contributed by atoms with Crippen molar-refractivity contribution >= 4 is 5.97 Å². The molecule has 0 radical (unpaired) electrons. The molecule has 0 heterocycles. The van der Waals surface area contributed by atoms with Crippen LogP contribution in [0.25, 0.3) is 0 Å². The number of hydrogen-bond acceptors (Lipinski definition) is 6. The van der Waals surface area contributed by atoms with Crippen LogP contribution in [0, 0.1) is 0 Å². The van der Waals surface area contributed by atoms with Gasteiger partial charge in [-0.3, -0.25) is 0 Å². The van der Waals surface area contributed by atoms with E-state index in [2.05, 4.69) is 0 Å². The van der Waals surface area contributed by atoms with E-state index in [1.54, 1.807) is 0 Å². The first-order chi connectivity index (χ1) is 8.56. The molecule has 0 amide bonds. The topological polar surface area (TPSA) is 107 Å². The summed E-state index contributed by atoms with van der Waals surface area (Å²) in [5.41, 5.74) is -0.0371. The van der Waals surface area contributed by atoms with Crippen LogP contribution in [0.5, 0.6) is 17.2 Å². The Morgan fingerprint density at radius 2 is 1.67 bits per heavy atom. The van der Waals surface area contributed by atoms with Crippen LogP contribution in [-0.2, 0) is 4.74 Å². The first kappa shape index (κ1) is 14.1. The number of aromatic hydroxyl groups is 3. The minimum atomic E-state index is -0.690. The largest absolute Gasteiger partial charge is 0.504 e. The van der Waals surface area contributed by atoms with Gasteiger partial charge in [0.2, 0.25) is 0 Å². The van der Waals surface area contributed by atoms with Crippen LogP contribution in [0.15, 0.2) is 12.1 Å². The molecule has 100 valence electrons. The lowest BCUT2D eigenvalue weighted by molar-refractivity contribution is 0.0495. The Morgan fingerprint density at radius 3 is 2.22 bits per heavy atom. The number of unbranched alkanes of at least 4 members (excludes halogenated alkanes) is 2. The highest BCUT2D eigenvalue weighted by Gasteiger charge is 2.14. The minimum Gasteiger partial charge on any atom is -0.504 e. The van der Waals surface area contributed by atoms with Crippen molar-refractivity contribution in [3.63, 3.8) is 0 Å². The molecular formula is C12H16O6. The van der Waals surface area contributed by atoms with Gasteiger partial charge in [-0.15, -0.1) is 0 Å². The third kappa shape index (κ3) is 3.81. The van der Waals surface area contributed by atoms with Gasteiger partial charge < -0.3 is 25.2 Å². The predicted molar refractivity (Wildman–Crippen MR) is 62.7 cm³/mol. The number of ether oxygens (including phenoxy) is 1. The number of carbonyl (C=O) groups excluding carboxylic acids is 1. The molecule has 6 nitrogen and oxygen atoms in total. The molecule has 18 heavy (non-hydrogen) atoms. The molecule has 0 fully saturated rings. The summed E-state index contributed by atoms with van der Waals surface area (Å²) in [5, 5.41) is 36.1. The maximum absolute atomic E-state index is 11.5. The van der Waals surface area contributed by atoms with Crippen molar-refractivity contribution in [3.05, 3.63) is 17.7 Å². The van der Waals surface area contributed by atoms with Gasteiger partial charge in [-0.25, -0.2) is 4.79 Å². The van der Waals surface area contributed by atoms with Gasteiger partial charge in [-0.05, 0) is 31.4 Å². The molecule has 0 bridgehead atoms. The van der Waals surface area contributed by atoms with Gasteiger partial charge in [0.15, 0.2) is 17.2 Å². The number of aliphatic hydroxyl groups is 1. The Labute approximate surface area is 104 Å². The fourth-order valence-electron chi connectivity index (χ4n) is 1.36. The van der Waals surface area contributed by atoms with E-state index in [9.17, 15) is 15.0 Å². The van der Waals surface area contributed by atoms with Gasteiger partial charge >= 0.3 is 5.97 Å². The monoisotopic (exact) mass is 256 g/mol. The van der Waals surface area contributed by atoms with E-state index in [0.717, 1.165) is 18.6 Å². The third-order valence-electron chi connectivity index (χ3n) is 2.34. The number of aliphatic hydroxyl groups excluding tert-OH is 1. The Hall–Kier alpha value is -1.95. The zero-order valence-electron chi connectivity index (χ0n) is 9.80. The number of esters is 1. The Morgan fingerprint density at radius 1 is 1.06 bits per heavy atom. The van der Waals surface area contributed by atoms with Crippen LogP contribution in [0.2, 0.25) is 0 Å². The van der Waals surface area contributed by atoms with Gasteiger partial charge in [0.05, 0.1) is 12.2 Å². The summed E-state index contributed by atoms with van der Waals surface area (Å²) in [6.07, 6.45) is 2.02. The van der Waals surface area contributed by atoms with Crippen LogP contribution in [-0.4, -0.2) is 39.6 Å². The second kappa shape index (κ2) is 6.70. The summed E-state index contributed by atoms with van der Waals surface area (Å²) >= 11 is 0. The van der Waals surface area contributed by atoms with E-state index in [1.165, 1.54) is 0 Å². The smallest absolute Gasteiger partial charge is 0.338 e. The van der Waals surface area contributed by atoms with E-state index in [4.69, 9.17) is 14.9 Å². The van der Waals surface area contributed by atoms with Crippen LogP contribution in [0.1, 0.15) is 29.6 Å². The number of hydrogen-bond donors (Lipinski definition) is 4. The number of rotatable bonds is 6. The summed E-state index contributed by atoms with van der Waals surface area (Å²) in [4.78, 5) is 11.5. The summed E-state index contributed by atoms with van der Waals surface area (Å²) in [6, 6.07) is 2.04. The van der Waals surface area contributed by atoms with Gasteiger partial charge in [-0.1, -0.05) is 0 Å². The van der Waals surface area contributed by atoms with Crippen molar-refractivity contribution in [3.8, 4) is 17.2 Å². The van der Waals surface area contributed by atoms with Crippen molar-refractivity contribution in [2.45, 2.75) is 19.3 Å². The lowest BCUT2D eigenvalue weighted by Gasteiger charge is -2.06. The van der Waals surface area contributed by atoms with E-state index in [1.807, 2.05) is 0 Å². The lowest BCUT2D eigenvalue weighted by atomic mass is 10.2. The van der Waals surface area contributed by atoms with Crippen LogP contribution in [0.3, 0.4) is 0 Å². The normalized spacial score (nSPS) is 10.3. The third-order valence-corrected chi connectivity index (χ3v) is 2.34. The highest BCUT2D eigenvalue weighted by Crippen LogP contribution is 2.35. The maximum atomic E-state index is 11.5. The summed E-state index contributed by atoms with van der Waals surface area (Å²) in [7, 11) is 0. The van der Waals surface area contributed by atoms with Crippen LogP contribution < -0.4 is 0 Å². The number of phenols is 3. The zero-order chi connectivity index (χ0) is 13.5. The molecule has 1 rings (SSSR count). The number of carbonyl (C=O) groups is 1. The van der Waals surface area contributed by atoms with Gasteiger partial charge in [0.1, 0.15) is 0 Å². The fraction of sp³-hybridized carbons (Fsp3) is 0.417. The Bertz CT molecular complexity index is 392. The molecule has 0 aliphatic rings. The SMILES string of the molecule is O=C(OCCCCCO)c1cc(O)c(O)c(O)c1. The molecule has 0 aliphatic carbocycles. The van der Waals surface area contributed by atoms with E-state index in [-0.39, 0.29) is 18.8 Å². The molecule has 1 aromatic rings. The first-order valence-electron chi connectivity index (χ1n) is 5.59. The van der Waals surface area contributed by atoms with Gasteiger partial charge in [0.25, 0.3) is 0 Å². The molecule has 0 saturated heterocycles. The van der Waals surface area contributed by atoms with Crippen molar-refractivity contribution in [1.29, 1.82) is 0 Å². The fourth-order valence-corrected chi connectivity index (χ4v) is 1.36. The average molecular weight is 256 g/mol. The van der Waals surface area contributed by atoms with Crippen molar-refractivity contribution in [2.24, 2.45) is 0 Å². The van der Waals surface area contributed by atoms with Gasteiger partial charge in [-0.2, -0.15) is 0 Å². The molecule has 0 aliphatic heterocycles. The summed E-state index contributed by atoms with van der Waals surface area (Å²) < 4.78 is 4.90. The quantitative estimate of drug-likeness (QED) is 0.345. The summed E-state index contributed by atoms with van der Waals surface area (Å²) in [5.74, 6) is -2.52. The lowest BCUT2D eigenvalue weighted by Crippen LogP contribution is -2.06. The van der Waals surface area contributed by atoms with Crippen molar-refractivity contribution in [2.75, 3.05) is 13.2 Å². The predicted octanol–water partition coefficient (Wildman–Crippen LogP) is 1.12. The standard InChI is InChI=1S/C12H16O6/c13-4-2-1-3-5-18-12(17)8-6-9(14)11(16)10(15)7-8/h6-7,13-16H,1-5H2. The molecular weight excluding hydrogens is 240 g/mol. The van der Waals surface area contributed by atoms with Crippen LogP contribution in [0.4, 0.5) is 0 Å². The van der Waals surface area contributed by atoms with E-state index >= 15 is 0 Å². The molecule has 6 heteroatoms. The Balaban J connectivity index is 2.52. The highest BCUT2D eigenvalue weighted by atomic mass is 16.5. The second-order valence-electron chi connectivity index (χ2n) is 3.78.